The second-order valence-electron chi connectivity index (χ2n) is 4.99. The van der Waals surface area contributed by atoms with Gasteiger partial charge in [0.25, 0.3) is 0 Å². The van der Waals surface area contributed by atoms with E-state index in [2.05, 4.69) is 43.9 Å². The Morgan fingerprint density at radius 3 is 2.24 bits per heavy atom. The Bertz CT molecular complexity index is 268. The van der Waals surface area contributed by atoms with Gasteiger partial charge in [-0.3, -0.25) is 0 Å². The Hall–Kier alpha value is -0.350. The minimum Gasteiger partial charge on any atom is -0.105 e. The van der Waals surface area contributed by atoms with Crippen LogP contribution in [0.15, 0.2) is 30.3 Å². The second kappa shape index (κ2) is 9.66. The molecule has 1 rings (SSSR count). The van der Waals surface area contributed by atoms with Crippen LogP contribution in [0, 0.1) is 0 Å². The summed E-state index contributed by atoms with van der Waals surface area (Å²) in [5, 5.41) is 0. The molecule has 0 aliphatic carbocycles. The first-order valence-corrected chi connectivity index (χ1v) is 9.21. The predicted octanol–water partition coefficient (Wildman–Crippen LogP) is 5.66. The molecule has 1 atom stereocenters. The van der Waals surface area contributed by atoms with Crippen LogP contribution >= 0.6 is 7.92 Å². The highest BCUT2D eigenvalue weighted by atomic mass is 31.1. The molecular formula is C16H27P. The smallest absolute Gasteiger partial charge is 0.00756 e. The molecular weight excluding hydrogens is 223 g/mol. The van der Waals surface area contributed by atoms with Crippen molar-refractivity contribution in [2.24, 2.45) is 0 Å². The van der Waals surface area contributed by atoms with Crippen molar-refractivity contribution in [1.29, 1.82) is 0 Å². The SMILES string of the molecule is CCCCCCCCP(C)Cc1ccccc1. The minimum atomic E-state index is 0.219. The van der Waals surface area contributed by atoms with Crippen LogP contribution in [0.5, 0.6) is 0 Å². The third-order valence-corrected chi connectivity index (χ3v) is 5.17. The number of unbranched alkanes of at least 4 members (excludes halogenated alkanes) is 5. The maximum Gasteiger partial charge on any atom is -0.00756 e. The van der Waals surface area contributed by atoms with E-state index < -0.39 is 0 Å². The van der Waals surface area contributed by atoms with Crippen molar-refractivity contribution in [3.05, 3.63) is 35.9 Å². The summed E-state index contributed by atoms with van der Waals surface area (Å²) in [5.74, 6) is 0. The largest absolute Gasteiger partial charge is 0.105 e. The zero-order valence-electron chi connectivity index (χ0n) is 11.5. The van der Waals surface area contributed by atoms with Gasteiger partial charge in [0, 0.05) is 0 Å². The van der Waals surface area contributed by atoms with Crippen LogP contribution in [0.2, 0.25) is 0 Å². The lowest BCUT2D eigenvalue weighted by molar-refractivity contribution is 0.626. The lowest BCUT2D eigenvalue weighted by Gasteiger charge is -2.12. The maximum atomic E-state index is 2.45. The number of hydrogen-bond acceptors (Lipinski definition) is 0. The second-order valence-corrected chi connectivity index (χ2v) is 7.47. The van der Waals surface area contributed by atoms with E-state index in [0.29, 0.717) is 0 Å². The van der Waals surface area contributed by atoms with Crippen molar-refractivity contribution in [3.8, 4) is 0 Å². The van der Waals surface area contributed by atoms with E-state index in [1.165, 1.54) is 56.4 Å². The Kier molecular flexibility index (Phi) is 8.36. The van der Waals surface area contributed by atoms with Gasteiger partial charge in [-0.1, -0.05) is 69.4 Å². The summed E-state index contributed by atoms with van der Waals surface area (Å²) in [6, 6.07) is 10.9. The van der Waals surface area contributed by atoms with E-state index in [0.717, 1.165) is 0 Å². The average molecular weight is 250 g/mol. The molecule has 0 radical (unpaired) electrons. The molecule has 0 bridgehead atoms. The molecule has 17 heavy (non-hydrogen) atoms. The standard InChI is InChI=1S/C16H27P/c1-3-4-5-6-7-11-14-17(2)15-16-12-9-8-10-13-16/h8-10,12-13H,3-7,11,14-15H2,1-2H3. The molecule has 0 aliphatic rings. The van der Waals surface area contributed by atoms with Crippen molar-refractivity contribution in [3.63, 3.8) is 0 Å². The van der Waals surface area contributed by atoms with Gasteiger partial charge < -0.3 is 0 Å². The Labute approximate surface area is 109 Å². The lowest BCUT2D eigenvalue weighted by atomic mass is 10.1. The molecule has 96 valence electrons. The third kappa shape index (κ3) is 7.55. The predicted molar refractivity (Wildman–Crippen MR) is 81.2 cm³/mol. The molecule has 1 unspecified atom stereocenters. The first-order chi connectivity index (χ1) is 8.33. The lowest BCUT2D eigenvalue weighted by Crippen LogP contribution is -1.89. The Morgan fingerprint density at radius 2 is 1.53 bits per heavy atom. The van der Waals surface area contributed by atoms with Gasteiger partial charge in [0.15, 0.2) is 0 Å². The minimum absolute atomic E-state index is 0.219. The molecule has 0 fully saturated rings. The van der Waals surface area contributed by atoms with E-state index in [-0.39, 0.29) is 7.92 Å². The number of rotatable bonds is 9. The fourth-order valence-electron chi connectivity index (χ4n) is 2.14. The number of hydrogen-bond donors (Lipinski definition) is 0. The van der Waals surface area contributed by atoms with Gasteiger partial charge in [0.05, 0.1) is 0 Å². The Morgan fingerprint density at radius 1 is 0.882 bits per heavy atom. The molecule has 0 saturated heterocycles. The van der Waals surface area contributed by atoms with E-state index in [4.69, 9.17) is 0 Å². The maximum absolute atomic E-state index is 2.45. The molecule has 0 N–H and O–H groups in total. The molecule has 1 heteroatoms. The van der Waals surface area contributed by atoms with Crippen LogP contribution in [0.4, 0.5) is 0 Å². The van der Waals surface area contributed by atoms with Crippen LogP contribution in [0.1, 0.15) is 51.0 Å². The van der Waals surface area contributed by atoms with Gasteiger partial charge in [0.2, 0.25) is 0 Å². The summed E-state index contributed by atoms with van der Waals surface area (Å²) >= 11 is 0. The molecule has 1 aromatic rings. The van der Waals surface area contributed by atoms with Gasteiger partial charge >= 0.3 is 0 Å². The molecule has 0 heterocycles. The highest BCUT2D eigenvalue weighted by Gasteiger charge is 2.02. The van der Waals surface area contributed by atoms with Crippen molar-refractivity contribution >= 4 is 7.92 Å². The molecule has 0 aromatic heterocycles. The zero-order valence-corrected chi connectivity index (χ0v) is 12.4. The van der Waals surface area contributed by atoms with Gasteiger partial charge in [-0.25, -0.2) is 0 Å². The summed E-state index contributed by atoms with van der Waals surface area (Å²) in [7, 11) is 0.219. The van der Waals surface area contributed by atoms with Gasteiger partial charge in [-0.05, 0) is 31.0 Å². The molecule has 0 aliphatic heterocycles. The van der Waals surface area contributed by atoms with Gasteiger partial charge in [0.1, 0.15) is 0 Å². The van der Waals surface area contributed by atoms with E-state index in [9.17, 15) is 0 Å². The summed E-state index contributed by atoms with van der Waals surface area (Å²) < 4.78 is 0. The molecule has 0 amide bonds. The normalized spacial score (nSPS) is 12.6. The summed E-state index contributed by atoms with van der Waals surface area (Å²) in [6.45, 7) is 4.74. The Balaban J connectivity index is 2.03. The van der Waals surface area contributed by atoms with E-state index in [1.54, 1.807) is 0 Å². The highest BCUT2D eigenvalue weighted by molar-refractivity contribution is 7.55. The zero-order chi connectivity index (χ0) is 12.3. The first kappa shape index (κ1) is 14.7. The van der Waals surface area contributed by atoms with Crippen molar-refractivity contribution < 1.29 is 0 Å². The molecule has 1 aromatic carbocycles. The van der Waals surface area contributed by atoms with Crippen LogP contribution in [0.25, 0.3) is 0 Å². The van der Waals surface area contributed by atoms with E-state index >= 15 is 0 Å². The number of benzene rings is 1. The molecule has 0 saturated carbocycles. The van der Waals surface area contributed by atoms with Gasteiger partial charge in [-0.15, -0.1) is 7.92 Å². The molecule has 0 spiro atoms. The van der Waals surface area contributed by atoms with Crippen molar-refractivity contribution in [2.45, 2.75) is 51.6 Å². The monoisotopic (exact) mass is 250 g/mol. The van der Waals surface area contributed by atoms with Crippen LogP contribution in [-0.2, 0) is 6.16 Å². The summed E-state index contributed by atoms with van der Waals surface area (Å²) in [4.78, 5) is 0. The van der Waals surface area contributed by atoms with Crippen LogP contribution in [0.3, 0.4) is 0 Å². The third-order valence-electron chi connectivity index (χ3n) is 3.19. The average Bonchev–Trinajstić information content (AvgIpc) is 2.35. The topological polar surface area (TPSA) is 0 Å². The fourth-order valence-corrected chi connectivity index (χ4v) is 3.89. The van der Waals surface area contributed by atoms with Crippen molar-refractivity contribution in [1.82, 2.24) is 0 Å². The van der Waals surface area contributed by atoms with Crippen molar-refractivity contribution in [2.75, 3.05) is 12.8 Å². The molecule has 0 nitrogen and oxygen atoms in total. The quantitative estimate of drug-likeness (QED) is 0.392. The first-order valence-electron chi connectivity index (χ1n) is 7.05. The van der Waals surface area contributed by atoms with Gasteiger partial charge in [-0.2, -0.15) is 0 Å². The van der Waals surface area contributed by atoms with Crippen LogP contribution in [-0.4, -0.2) is 12.8 Å². The van der Waals surface area contributed by atoms with Crippen LogP contribution < -0.4 is 0 Å². The summed E-state index contributed by atoms with van der Waals surface area (Å²) in [5.41, 5.74) is 1.52. The summed E-state index contributed by atoms with van der Waals surface area (Å²) in [6.07, 6.45) is 11.3. The highest BCUT2D eigenvalue weighted by Crippen LogP contribution is 2.36. The fraction of sp³-hybridized carbons (Fsp3) is 0.625. The van der Waals surface area contributed by atoms with E-state index in [1.807, 2.05) is 0 Å².